The molecule has 0 bridgehead atoms. The fourth-order valence-electron chi connectivity index (χ4n) is 1.47. The molecule has 0 aliphatic heterocycles. The Bertz CT molecular complexity index is 264. The van der Waals surface area contributed by atoms with E-state index in [0.29, 0.717) is 6.42 Å². The van der Waals surface area contributed by atoms with Crippen molar-refractivity contribution >= 4 is 5.97 Å². The van der Waals surface area contributed by atoms with Gasteiger partial charge in [-0.1, -0.05) is 24.1 Å². The highest BCUT2D eigenvalue weighted by molar-refractivity contribution is 5.66. The Kier molecular flexibility index (Phi) is 7.61. The molecule has 92 valence electrons. The predicted octanol–water partition coefficient (Wildman–Crippen LogP) is 2.85. The molecule has 16 heavy (non-hydrogen) atoms. The van der Waals surface area contributed by atoms with Gasteiger partial charge in [-0.3, -0.25) is 0 Å². The van der Waals surface area contributed by atoms with Crippen LogP contribution in [0.3, 0.4) is 0 Å². The second-order valence-corrected chi connectivity index (χ2v) is 4.66. The second-order valence-electron chi connectivity index (χ2n) is 4.66. The van der Waals surface area contributed by atoms with Crippen LogP contribution >= 0.6 is 0 Å². The normalized spacial score (nSPS) is 13.6. The summed E-state index contributed by atoms with van der Waals surface area (Å²) in [7, 11) is 0. The molecule has 0 aromatic rings. The van der Waals surface area contributed by atoms with Crippen LogP contribution in [0.25, 0.3) is 0 Å². The predicted molar refractivity (Wildman–Crippen MR) is 65.8 cm³/mol. The molecule has 0 radical (unpaired) electrons. The molecular weight excluding hydrogens is 200 g/mol. The van der Waals surface area contributed by atoms with Crippen LogP contribution in [0, 0.1) is 5.92 Å². The number of carboxylic acids is 1. The van der Waals surface area contributed by atoms with E-state index in [0.717, 1.165) is 25.7 Å². The third-order valence-electron chi connectivity index (χ3n) is 2.67. The Balaban J connectivity index is 3.68. The van der Waals surface area contributed by atoms with Crippen molar-refractivity contribution in [3.63, 3.8) is 0 Å². The van der Waals surface area contributed by atoms with E-state index >= 15 is 0 Å². The average molecular weight is 223 g/mol. The lowest BCUT2D eigenvalue weighted by molar-refractivity contribution is -0.311. The monoisotopic (exact) mass is 223 g/mol. The number of carboxylic acid groups (broad SMARTS) is 1. The maximum Gasteiger partial charge on any atom is 0.0442 e. The molecule has 0 amide bonds. The summed E-state index contributed by atoms with van der Waals surface area (Å²) in [4.78, 5) is 10.5. The van der Waals surface area contributed by atoms with Gasteiger partial charge in [0, 0.05) is 5.97 Å². The molecule has 0 spiro atoms. The van der Waals surface area contributed by atoms with Crippen LogP contribution in [0.5, 0.6) is 0 Å². The molecule has 0 rings (SSSR count). The van der Waals surface area contributed by atoms with Crippen LogP contribution in [0.15, 0.2) is 23.8 Å². The van der Waals surface area contributed by atoms with Gasteiger partial charge in [0.25, 0.3) is 0 Å². The molecule has 1 unspecified atom stereocenters. The van der Waals surface area contributed by atoms with Gasteiger partial charge in [0.15, 0.2) is 0 Å². The largest absolute Gasteiger partial charge is 0.550 e. The molecule has 0 aromatic carbocycles. The molecule has 0 heterocycles. The van der Waals surface area contributed by atoms with Crippen LogP contribution < -0.4 is 5.11 Å². The summed E-state index contributed by atoms with van der Waals surface area (Å²) in [6.45, 7) is 9.69. The zero-order chi connectivity index (χ0) is 12.6. The first-order valence-electron chi connectivity index (χ1n) is 5.94. The molecule has 2 heteroatoms. The van der Waals surface area contributed by atoms with E-state index < -0.39 is 5.97 Å². The maximum atomic E-state index is 10.5. The fraction of sp³-hybridized carbons (Fsp3) is 0.643. The molecule has 0 aromatic heterocycles. The minimum atomic E-state index is -0.941. The topological polar surface area (TPSA) is 40.1 Å². The third kappa shape index (κ3) is 8.27. The quantitative estimate of drug-likeness (QED) is 0.594. The number of hydrogen-bond acceptors (Lipinski definition) is 2. The van der Waals surface area contributed by atoms with Gasteiger partial charge in [-0.15, -0.1) is 6.58 Å². The number of allylic oxidation sites excluding steroid dienone is 3. The molecule has 0 fully saturated rings. The Morgan fingerprint density at radius 2 is 2.00 bits per heavy atom. The molecule has 2 nitrogen and oxygen atoms in total. The Morgan fingerprint density at radius 3 is 2.50 bits per heavy atom. The van der Waals surface area contributed by atoms with Gasteiger partial charge < -0.3 is 9.90 Å². The Labute approximate surface area is 99.1 Å². The van der Waals surface area contributed by atoms with E-state index in [1.807, 2.05) is 6.92 Å². The van der Waals surface area contributed by atoms with Crippen molar-refractivity contribution in [2.45, 2.75) is 52.9 Å². The average Bonchev–Trinajstić information content (AvgIpc) is 2.16. The lowest BCUT2D eigenvalue weighted by Crippen LogP contribution is -2.29. The molecule has 0 saturated heterocycles. The lowest BCUT2D eigenvalue weighted by atomic mass is 10.0. The first-order valence-corrected chi connectivity index (χ1v) is 5.94. The molecular formula is C14H23O2-. The lowest BCUT2D eigenvalue weighted by Gasteiger charge is -2.11. The van der Waals surface area contributed by atoms with Crippen molar-refractivity contribution in [3.8, 4) is 0 Å². The van der Waals surface area contributed by atoms with Gasteiger partial charge in [0.2, 0.25) is 0 Å². The summed E-state index contributed by atoms with van der Waals surface area (Å²) in [6, 6.07) is 0. The van der Waals surface area contributed by atoms with Crippen molar-refractivity contribution in [3.05, 3.63) is 23.8 Å². The summed E-state index contributed by atoms with van der Waals surface area (Å²) >= 11 is 0. The summed E-state index contributed by atoms with van der Waals surface area (Å²) in [6.07, 6.45) is 6.90. The first kappa shape index (κ1) is 14.9. The van der Waals surface area contributed by atoms with Crippen molar-refractivity contribution < 1.29 is 9.90 Å². The van der Waals surface area contributed by atoms with E-state index in [2.05, 4.69) is 19.6 Å². The zero-order valence-corrected chi connectivity index (χ0v) is 10.7. The number of carbonyl (C=O) groups excluding carboxylic acids is 1. The summed E-state index contributed by atoms with van der Waals surface area (Å²) in [5.41, 5.74) is 2.54. The zero-order valence-electron chi connectivity index (χ0n) is 10.7. The highest BCUT2D eigenvalue weighted by atomic mass is 16.4. The minimum absolute atomic E-state index is 0.330. The molecule has 0 aliphatic rings. The van der Waals surface area contributed by atoms with E-state index in [1.165, 1.54) is 11.1 Å². The highest BCUT2D eigenvalue weighted by Gasteiger charge is 2.02. The van der Waals surface area contributed by atoms with Crippen LogP contribution in [-0.4, -0.2) is 5.97 Å². The van der Waals surface area contributed by atoms with E-state index in [-0.39, 0.29) is 5.92 Å². The van der Waals surface area contributed by atoms with Gasteiger partial charge >= 0.3 is 0 Å². The molecule has 0 N–H and O–H groups in total. The van der Waals surface area contributed by atoms with Crippen molar-refractivity contribution in [2.24, 2.45) is 5.92 Å². The fourth-order valence-corrected chi connectivity index (χ4v) is 1.47. The minimum Gasteiger partial charge on any atom is -0.550 e. The summed E-state index contributed by atoms with van der Waals surface area (Å²) < 4.78 is 0. The van der Waals surface area contributed by atoms with Crippen LogP contribution in [0.4, 0.5) is 0 Å². The van der Waals surface area contributed by atoms with E-state index in [4.69, 9.17) is 0 Å². The second kappa shape index (κ2) is 8.14. The maximum absolute atomic E-state index is 10.5. The Morgan fingerprint density at radius 1 is 1.38 bits per heavy atom. The van der Waals surface area contributed by atoms with Crippen LogP contribution in [0.1, 0.15) is 52.9 Å². The number of aliphatic carboxylic acids is 1. The van der Waals surface area contributed by atoms with E-state index in [1.54, 1.807) is 6.92 Å². The summed E-state index contributed by atoms with van der Waals surface area (Å²) in [5, 5.41) is 10.5. The third-order valence-corrected chi connectivity index (χ3v) is 2.67. The SMILES string of the molecule is C=C(C)CC/C=C(\C)CCCC(C)C(=O)[O-]. The van der Waals surface area contributed by atoms with E-state index in [9.17, 15) is 9.90 Å². The standard InChI is InChI=1S/C14H24O2/c1-11(2)7-5-8-12(3)9-6-10-13(4)14(15)16/h8,13H,1,5-7,9-10H2,2-4H3,(H,15,16)/p-1/b12-8+. The smallest absolute Gasteiger partial charge is 0.0442 e. The van der Waals surface area contributed by atoms with Crippen molar-refractivity contribution in [2.75, 3.05) is 0 Å². The highest BCUT2D eigenvalue weighted by Crippen LogP contribution is 2.13. The number of hydrogen-bond donors (Lipinski definition) is 0. The molecule has 0 saturated carbocycles. The number of carbonyl (C=O) groups is 1. The van der Waals surface area contributed by atoms with Gasteiger partial charge in [-0.2, -0.15) is 0 Å². The molecule has 1 atom stereocenters. The Hall–Kier alpha value is -1.05. The molecule has 0 aliphatic carbocycles. The van der Waals surface area contributed by atoms with Crippen molar-refractivity contribution in [1.82, 2.24) is 0 Å². The van der Waals surface area contributed by atoms with Gasteiger partial charge in [-0.25, -0.2) is 0 Å². The number of rotatable bonds is 8. The van der Waals surface area contributed by atoms with Gasteiger partial charge in [-0.05, 0) is 51.9 Å². The van der Waals surface area contributed by atoms with Crippen LogP contribution in [0.2, 0.25) is 0 Å². The van der Waals surface area contributed by atoms with Crippen molar-refractivity contribution in [1.29, 1.82) is 0 Å². The van der Waals surface area contributed by atoms with Crippen LogP contribution in [-0.2, 0) is 4.79 Å². The van der Waals surface area contributed by atoms with Gasteiger partial charge in [0.05, 0.1) is 0 Å². The first-order chi connectivity index (χ1) is 7.43. The van der Waals surface area contributed by atoms with Gasteiger partial charge in [0.1, 0.15) is 0 Å². The summed E-state index contributed by atoms with van der Waals surface area (Å²) in [5.74, 6) is -1.27.